The number of β-amino-alcohol motifs (C(OH)–C–C–N with tert-alkyl or cyclic N) is 1. The molecule has 0 amide bonds. The van der Waals surface area contributed by atoms with Gasteiger partial charge in [-0.3, -0.25) is 9.80 Å². The molecule has 0 aliphatic carbocycles. The average Bonchev–Trinajstić information content (AvgIpc) is 2.89. The summed E-state index contributed by atoms with van der Waals surface area (Å²) < 4.78 is 4.36. The van der Waals surface area contributed by atoms with Gasteiger partial charge in [-0.25, -0.2) is 4.98 Å². The number of anilines is 1. The molecule has 126 valence electrons. The Balaban J connectivity index is 1.72. The third-order valence-electron chi connectivity index (χ3n) is 3.84. The molecule has 1 aromatic heterocycles. The molecular formula is C14H28N6OS. The Hall–Kier alpha value is -0.800. The Morgan fingerprint density at radius 3 is 2.50 bits per heavy atom. The van der Waals surface area contributed by atoms with Crippen LogP contribution in [0.25, 0.3) is 0 Å². The van der Waals surface area contributed by atoms with E-state index in [0.29, 0.717) is 13.1 Å². The maximum atomic E-state index is 10.3. The van der Waals surface area contributed by atoms with Crippen LogP contribution in [-0.4, -0.2) is 103 Å². The van der Waals surface area contributed by atoms with Crippen molar-refractivity contribution >= 4 is 16.7 Å². The van der Waals surface area contributed by atoms with E-state index in [2.05, 4.69) is 31.1 Å². The molecule has 1 aromatic rings. The highest BCUT2D eigenvalue weighted by Gasteiger charge is 2.18. The quantitative estimate of drug-likeness (QED) is 0.734. The van der Waals surface area contributed by atoms with E-state index in [0.717, 1.165) is 43.7 Å². The second-order valence-corrected chi connectivity index (χ2v) is 7.07. The summed E-state index contributed by atoms with van der Waals surface area (Å²) in [7, 11) is 8.08. The van der Waals surface area contributed by atoms with Gasteiger partial charge in [0.15, 0.2) is 5.82 Å². The van der Waals surface area contributed by atoms with Crippen LogP contribution in [0.15, 0.2) is 0 Å². The predicted octanol–water partition coefficient (Wildman–Crippen LogP) is -0.356. The zero-order valence-electron chi connectivity index (χ0n) is 14.1. The Bertz CT molecular complexity index is 446. The molecule has 1 N–H and O–H groups in total. The fraction of sp³-hybridized carbons (Fsp3) is 0.857. The van der Waals surface area contributed by atoms with Crippen molar-refractivity contribution < 1.29 is 5.11 Å². The zero-order chi connectivity index (χ0) is 16.1. The van der Waals surface area contributed by atoms with Crippen LogP contribution in [0.2, 0.25) is 0 Å². The summed E-state index contributed by atoms with van der Waals surface area (Å²) in [5.74, 6) is 0.822. The summed E-state index contributed by atoms with van der Waals surface area (Å²) in [4.78, 5) is 13.2. The van der Waals surface area contributed by atoms with Crippen LogP contribution in [0, 0.1) is 0 Å². The van der Waals surface area contributed by atoms with Gasteiger partial charge in [0.05, 0.1) is 12.6 Å². The molecule has 1 unspecified atom stereocenters. The van der Waals surface area contributed by atoms with Gasteiger partial charge in [0.2, 0.25) is 5.13 Å². The molecular weight excluding hydrogens is 300 g/mol. The van der Waals surface area contributed by atoms with Crippen molar-refractivity contribution in [3.05, 3.63) is 5.82 Å². The minimum absolute atomic E-state index is 0.333. The van der Waals surface area contributed by atoms with Crippen molar-refractivity contribution in [1.29, 1.82) is 0 Å². The van der Waals surface area contributed by atoms with Gasteiger partial charge in [0.1, 0.15) is 0 Å². The Morgan fingerprint density at radius 2 is 1.91 bits per heavy atom. The number of aliphatic hydroxyl groups is 1. The van der Waals surface area contributed by atoms with Gasteiger partial charge in [-0.1, -0.05) is 0 Å². The van der Waals surface area contributed by atoms with E-state index in [9.17, 15) is 5.11 Å². The third-order valence-corrected chi connectivity index (χ3v) is 4.76. The monoisotopic (exact) mass is 328 g/mol. The Kier molecular flexibility index (Phi) is 6.51. The second kappa shape index (κ2) is 8.16. The Morgan fingerprint density at radius 1 is 1.23 bits per heavy atom. The van der Waals surface area contributed by atoms with E-state index in [1.807, 2.05) is 26.0 Å². The van der Waals surface area contributed by atoms with Gasteiger partial charge < -0.3 is 14.9 Å². The van der Waals surface area contributed by atoms with E-state index in [4.69, 9.17) is 0 Å². The van der Waals surface area contributed by atoms with Crippen LogP contribution in [0.1, 0.15) is 5.82 Å². The van der Waals surface area contributed by atoms with Crippen LogP contribution in [-0.2, 0) is 6.54 Å². The number of hydrogen-bond donors (Lipinski definition) is 1. The predicted molar refractivity (Wildman–Crippen MR) is 90.5 cm³/mol. The molecule has 0 radical (unpaired) electrons. The summed E-state index contributed by atoms with van der Waals surface area (Å²) in [5, 5.41) is 11.2. The molecule has 0 bridgehead atoms. The first-order chi connectivity index (χ1) is 10.4. The number of nitrogens with zero attached hydrogens (tertiary/aromatic N) is 6. The molecule has 2 rings (SSSR count). The number of piperazine rings is 1. The first-order valence-corrected chi connectivity index (χ1v) is 8.49. The minimum Gasteiger partial charge on any atom is -0.390 e. The van der Waals surface area contributed by atoms with E-state index in [1.165, 1.54) is 11.5 Å². The van der Waals surface area contributed by atoms with Crippen LogP contribution in [0.4, 0.5) is 5.13 Å². The van der Waals surface area contributed by atoms with Gasteiger partial charge in [-0.15, -0.1) is 0 Å². The fourth-order valence-corrected chi connectivity index (χ4v) is 3.14. The van der Waals surface area contributed by atoms with Crippen molar-refractivity contribution in [2.24, 2.45) is 0 Å². The maximum absolute atomic E-state index is 10.3. The van der Waals surface area contributed by atoms with E-state index in [1.54, 1.807) is 0 Å². The average molecular weight is 328 g/mol. The Labute approximate surface area is 137 Å². The molecule has 1 aliphatic rings. The van der Waals surface area contributed by atoms with E-state index >= 15 is 0 Å². The van der Waals surface area contributed by atoms with Crippen LogP contribution in [0.5, 0.6) is 0 Å². The fourth-order valence-electron chi connectivity index (χ4n) is 2.54. The number of aliphatic hydroxyl groups excluding tert-OH is 1. The molecule has 0 saturated carbocycles. The lowest BCUT2D eigenvalue weighted by atomic mass is 10.2. The van der Waals surface area contributed by atoms with Crippen molar-refractivity contribution in [3.63, 3.8) is 0 Å². The lowest BCUT2D eigenvalue weighted by Gasteiger charge is -2.34. The summed E-state index contributed by atoms with van der Waals surface area (Å²) >= 11 is 1.41. The standard InChI is InChI=1S/C14H28N6OS/c1-17(2)14-15-13(16-22-14)11-19(4)9-12(21)10-20-7-5-18(3)6-8-20/h12,21H,5-11H2,1-4H3. The third kappa shape index (κ3) is 5.44. The molecule has 0 spiro atoms. The molecule has 1 aliphatic heterocycles. The molecule has 7 nitrogen and oxygen atoms in total. The lowest BCUT2D eigenvalue weighted by molar-refractivity contribution is 0.0590. The van der Waals surface area contributed by atoms with Gasteiger partial charge in [0.25, 0.3) is 0 Å². The van der Waals surface area contributed by atoms with E-state index in [-0.39, 0.29) is 6.10 Å². The van der Waals surface area contributed by atoms with Gasteiger partial charge in [-0.05, 0) is 14.1 Å². The molecule has 0 aromatic carbocycles. The summed E-state index contributed by atoms with van der Waals surface area (Å²) in [5.41, 5.74) is 0. The topological polar surface area (TPSA) is 59.0 Å². The van der Waals surface area contributed by atoms with Gasteiger partial charge in [-0.2, -0.15) is 4.37 Å². The van der Waals surface area contributed by atoms with Crippen molar-refractivity contribution in [2.45, 2.75) is 12.6 Å². The molecule has 22 heavy (non-hydrogen) atoms. The molecule has 2 heterocycles. The number of hydrogen-bond acceptors (Lipinski definition) is 8. The maximum Gasteiger partial charge on any atom is 0.204 e. The first kappa shape index (κ1) is 17.6. The smallest absolute Gasteiger partial charge is 0.204 e. The number of likely N-dealkylation sites (N-methyl/N-ethyl adjacent to an activating group) is 2. The van der Waals surface area contributed by atoms with Crippen molar-refractivity contribution in [1.82, 2.24) is 24.1 Å². The SMILES string of the molecule is CN1CCN(CC(O)CN(C)Cc2nsc(N(C)C)n2)CC1. The van der Waals surface area contributed by atoms with Crippen LogP contribution < -0.4 is 4.90 Å². The normalized spacial score (nSPS) is 18.8. The highest BCUT2D eigenvalue weighted by atomic mass is 32.1. The summed E-state index contributed by atoms with van der Waals surface area (Å²) in [6, 6.07) is 0. The highest BCUT2D eigenvalue weighted by Crippen LogP contribution is 2.14. The lowest BCUT2D eigenvalue weighted by Crippen LogP contribution is -2.48. The number of aromatic nitrogens is 2. The highest BCUT2D eigenvalue weighted by molar-refractivity contribution is 7.09. The number of rotatable bonds is 7. The van der Waals surface area contributed by atoms with Gasteiger partial charge >= 0.3 is 0 Å². The van der Waals surface area contributed by atoms with Crippen LogP contribution in [0.3, 0.4) is 0 Å². The van der Waals surface area contributed by atoms with Crippen molar-refractivity contribution in [2.75, 3.05) is 72.4 Å². The van der Waals surface area contributed by atoms with E-state index < -0.39 is 0 Å². The van der Waals surface area contributed by atoms with Gasteiger partial charge in [0, 0.05) is 64.9 Å². The second-order valence-electron chi connectivity index (χ2n) is 6.34. The minimum atomic E-state index is -0.333. The summed E-state index contributed by atoms with van der Waals surface area (Å²) in [6.45, 7) is 6.30. The largest absolute Gasteiger partial charge is 0.390 e. The van der Waals surface area contributed by atoms with Crippen LogP contribution >= 0.6 is 11.5 Å². The molecule has 1 atom stereocenters. The first-order valence-electron chi connectivity index (χ1n) is 7.71. The van der Waals surface area contributed by atoms with Crippen molar-refractivity contribution in [3.8, 4) is 0 Å². The molecule has 8 heteroatoms. The summed E-state index contributed by atoms with van der Waals surface area (Å²) in [6.07, 6.45) is -0.333. The molecule has 1 saturated heterocycles. The molecule has 1 fully saturated rings. The zero-order valence-corrected chi connectivity index (χ0v) is 14.9.